The van der Waals surface area contributed by atoms with Gasteiger partial charge < -0.3 is 15.3 Å². The van der Waals surface area contributed by atoms with Crippen LogP contribution in [0.2, 0.25) is 0 Å². The Bertz CT molecular complexity index is 627. The second-order valence-corrected chi connectivity index (χ2v) is 12.2. The third kappa shape index (κ3) is 17.5. The maximum atomic E-state index is 10.1. The minimum absolute atomic E-state index is 0.478. The first-order valence-electron chi connectivity index (χ1n) is 13.0. The smallest absolute Gasteiger partial charge is 0.0849 e. The summed E-state index contributed by atoms with van der Waals surface area (Å²) in [6.07, 6.45) is 17.4. The molecule has 3 N–H and O–H groups in total. The highest BCUT2D eigenvalue weighted by Crippen LogP contribution is 2.23. The van der Waals surface area contributed by atoms with E-state index in [9.17, 15) is 15.3 Å². The Kier molecular flexibility index (Phi) is 16.3. The lowest BCUT2D eigenvalue weighted by atomic mass is 9.95. The summed E-state index contributed by atoms with van der Waals surface area (Å²) in [6.45, 7) is 15.7. The molecule has 198 valence electrons. The fourth-order valence-corrected chi connectivity index (χ4v) is 3.69. The molecule has 0 aliphatic rings. The summed E-state index contributed by atoms with van der Waals surface area (Å²) in [5, 5.41) is 29.8. The predicted molar refractivity (Wildman–Crippen MR) is 149 cm³/mol. The molecule has 0 aliphatic heterocycles. The lowest BCUT2D eigenvalue weighted by Crippen LogP contribution is -2.35. The van der Waals surface area contributed by atoms with Gasteiger partial charge >= 0.3 is 0 Å². The summed E-state index contributed by atoms with van der Waals surface area (Å²) in [4.78, 5) is -0.565. The van der Waals surface area contributed by atoms with Crippen molar-refractivity contribution in [1.29, 1.82) is 0 Å². The molecule has 0 spiro atoms. The van der Waals surface area contributed by atoms with Gasteiger partial charge in [-0.15, -0.1) is 11.6 Å². The van der Waals surface area contributed by atoms with Crippen LogP contribution in [0.1, 0.15) is 120 Å². The number of aliphatic hydroxyl groups excluding tert-OH is 2. The molecular weight excluding hydrogens is 444 g/mol. The predicted octanol–water partition coefficient (Wildman–Crippen LogP) is 8.18. The monoisotopic (exact) mass is 496 g/mol. The molecule has 0 aromatic carbocycles. The van der Waals surface area contributed by atoms with Crippen LogP contribution in [-0.2, 0) is 0 Å². The van der Waals surface area contributed by atoms with Crippen molar-refractivity contribution in [3.8, 4) is 0 Å². The first kappa shape index (κ1) is 33.1. The second-order valence-electron chi connectivity index (χ2n) is 11.2. The second kappa shape index (κ2) is 16.7. The molecule has 0 saturated heterocycles. The van der Waals surface area contributed by atoms with Crippen molar-refractivity contribution in [2.24, 2.45) is 0 Å². The van der Waals surface area contributed by atoms with E-state index in [0.29, 0.717) is 12.8 Å². The third-order valence-electron chi connectivity index (χ3n) is 6.45. The molecule has 34 heavy (non-hydrogen) atoms. The van der Waals surface area contributed by atoms with E-state index < -0.39 is 22.7 Å². The van der Waals surface area contributed by atoms with E-state index in [1.54, 1.807) is 13.8 Å². The molecule has 3 nitrogen and oxygen atoms in total. The maximum absolute atomic E-state index is 10.1. The lowest BCUT2D eigenvalue weighted by molar-refractivity contribution is -0.0509. The topological polar surface area (TPSA) is 60.7 Å². The highest BCUT2D eigenvalue weighted by Gasteiger charge is 2.24. The fraction of sp³-hybridized carbons (Fsp3) is 0.733. The van der Waals surface area contributed by atoms with E-state index in [0.717, 1.165) is 51.4 Å². The SMILES string of the molecule is C/C(=C\CC/C=C(\C)CC/C=C(\C)CC[C@H](O)C(C)(C)O)CC/C=C(\C)CC[C@@H](O)C(C)(C)Cl. The largest absolute Gasteiger partial charge is 0.391 e. The number of hydrogen-bond acceptors (Lipinski definition) is 3. The van der Waals surface area contributed by atoms with Gasteiger partial charge in [0.25, 0.3) is 0 Å². The van der Waals surface area contributed by atoms with Crippen molar-refractivity contribution in [3.05, 3.63) is 46.6 Å². The summed E-state index contributed by atoms with van der Waals surface area (Å²) < 4.78 is 0. The van der Waals surface area contributed by atoms with Gasteiger partial charge in [0.05, 0.1) is 22.7 Å². The zero-order valence-electron chi connectivity index (χ0n) is 23.3. The van der Waals surface area contributed by atoms with Crippen LogP contribution in [0.5, 0.6) is 0 Å². The van der Waals surface area contributed by atoms with Crippen molar-refractivity contribution in [3.63, 3.8) is 0 Å². The minimum atomic E-state index is -1.03. The van der Waals surface area contributed by atoms with E-state index in [2.05, 4.69) is 52.0 Å². The molecule has 0 rings (SSSR count). The summed E-state index contributed by atoms with van der Waals surface area (Å²) in [5.74, 6) is 0. The van der Waals surface area contributed by atoms with Gasteiger partial charge in [0.15, 0.2) is 0 Å². The van der Waals surface area contributed by atoms with E-state index in [1.807, 2.05) is 13.8 Å². The average molecular weight is 497 g/mol. The summed E-state index contributed by atoms with van der Waals surface area (Å²) in [6, 6.07) is 0. The van der Waals surface area contributed by atoms with E-state index in [4.69, 9.17) is 11.6 Å². The lowest BCUT2D eigenvalue weighted by Gasteiger charge is -2.24. The molecule has 0 aliphatic carbocycles. The van der Waals surface area contributed by atoms with Crippen molar-refractivity contribution in [1.82, 2.24) is 0 Å². The van der Waals surface area contributed by atoms with Crippen molar-refractivity contribution >= 4 is 11.6 Å². The fourth-order valence-electron chi connectivity index (χ4n) is 3.59. The van der Waals surface area contributed by atoms with Gasteiger partial charge in [0.2, 0.25) is 0 Å². The maximum Gasteiger partial charge on any atom is 0.0849 e. The Hall–Kier alpha value is -0.870. The Labute approximate surface area is 215 Å². The van der Waals surface area contributed by atoms with E-state index in [1.165, 1.54) is 22.3 Å². The number of hydrogen-bond donors (Lipinski definition) is 3. The molecule has 0 aromatic heterocycles. The van der Waals surface area contributed by atoms with Gasteiger partial charge in [0, 0.05) is 0 Å². The van der Waals surface area contributed by atoms with Crippen LogP contribution in [0.3, 0.4) is 0 Å². The van der Waals surface area contributed by atoms with Crippen LogP contribution in [0, 0.1) is 0 Å². The first-order valence-corrected chi connectivity index (χ1v) is 13.4. The summed E-state index contributed by atoms with van der Waals surface area (Å²) in [7, 11) is 0. The van der Waals surface area contributed by atoms with Gasteiger partial charge in [-0.05, 0) is 120 Å². The Morgan fingerprint density at radius 3 is 1.29 bits per heavy atom. The summed E-state index contributed by atoms with van der Waals surface area (Å²) >= 11 is 6.17. The van der Waals surface area contributed by atoms with Crippen molar-refractivity contribution in [2.45, 2.75) is 142 Å². The number of allylic oxidation sites excluding steroid dienone is 8. The van der Waals surface area contributed by atoms with Crippen LogP contribution < -0.4 is 0 Å². The molecule has 0 amide bonds. The highest BCUT2D eigenvalue weighted by molar-refractivity contribution is 6.23. The van der Waals surface area contributed by atoms with Crippen LogP contribution >= 0.6 is 11.6 Å². The minimum Gasteiger partial charge on any atom is -0.391 e. The Morgan fingerprint density at radius 1 is 0.618 bits per heavy atom. The van der Waals surface area contributed by atoms with Gasteiger partial charge in [-0.3, -0.25) is 0 Å². The normalized spacial score (nSPS) is 16.7. The van der Waals surface area contributed by atoms with E-state index in [-0.39, 0.29) is 0 Å². The molecule has 0 bridgehead atoms. The molecule has 0 unspecified atom stereocenters. The van der Waals surface area contributed by atoms with E-state index >= 15 is 0 Å². The standard InChI is InChI=1S/C30H53ClO3/c1-23(15-11-17-25(3)19-21-27(32)29(5,6)31)13-9-10-14-24(2)16-12-18-26(4)20-22-28(33)30(7,8)34/h13-14,17-18,27-28,32-34H,9-12,15-16,19-22H2,1-8H3/b23-13+,24-14+,25-17+,26-18+/t27-,28+/m1/s1. The zero-order valence-corrected chi connectivity index (χ0v) is 24.0. The first-order chi connectivity index (χ1) is 15.6. The number of rotatable bonds is 17. The van der Waals surface area contributed by atoms with Crippen LogP contribution in [0.25, 0.3) is 0 Å². The molecule has 0 saturated carbocycles. The molecular formula is C30H53ClO3. The van der Waals surface area contributed by atoms with Gasteiger partial charge in [0.1, 0.15) is 0 Å². The summed E-state index contributed by atoms with van der Waals surface area (Å²) in [5.41, 5.74) is 4.42. The number of halogens is 1. The molecule has 2 atom stereocenters. The quantitative estimate of drug-likeness (QED) is 0.108. The molecule has 0 fully saturated rings. The number of unbranched alkanes of at least 4 members (excludes halogenated alkanes) is 1. The van der Waals surface area contributed by atoms with Crippen LogP contribution in [0.4, 0.5) is 0 Å². The number of aliphatic hydroxyl groups is 3. The molecule has 0 heterocycles. The Morgan fingerprint density at radius 2 is 0.941 bits per heavy atom. The van der Waals surface area contributed by atoms with Gasteiger partial charge in [-0.25, -0.2) is 0 Å². The number of alkyl halides is 1. The average Bonchev–Trinajstić information content (AvgIpc) is 2.71. The van der Waals surface area contributed by atoms with Crippen molar-refractivity contribution in [2.75, 3.05) is 0 Å². The van der Waals surface area contributed by atoms with Gasteiger partial charge in [-0.1, -0.05) is 46.6 Å². The van der Waals surface area contributed by atoms with Gasteiger partial charge in [-0.2, -0.15) is 0 Å². The van der Waals surface area contributed by atoms with Crippen molar-refractivity contribution < 1.29 is 15.3 Å². The molecule has 4 heteroatoms. The zero-order chi connectivity index (χ0) is 26.4. The third-order valence-corrected chi connectivity index (χ3v) is 6.70. The van der Waals surface area contributed by atoms with Crippen LogP contribution in [0.15, 0.2) is 46.6 Å². The highest BCUT2D eigenvalue weighted by atomic mass is 35.5. The van der Waals surface area contributed by atoms with Crippen LogP contribution in [-0.4, -0.2) is 38.0 Å². The Balaban J connectivity index is 4.16. The molecule has 0 radical (unpaired) electrons. The molecule has 0 aromatic rings.